The van der Waals surface area contributed by atoms with Crippen molar-refractivity contribution >= 4 is 34.2 Å². The fourth-order valence-corrected chi connectivity index (χ4v) is 3.70. The average Bonchev–Trinajstić information content (AvgIpc) is 3.20. The van der Waals surface area contributed by atoms with Crippen molar-refractivity contribution in [1.82, 2.24) is 15.2 Å². The third kappa shape index (κ3) is 7.96. The number of nitrogens with one attached hydrogen (secondary N) is 2. The number of ether oxygens (including phenoxy) is 1. The molecule has 0 spiro atoms. The van der Waals surface area contributed by atoms with E-state index in [-0.39, 0.29) is 36.7 Å². The molecule has 1 aromatic heterocycles. The highest BCUT2D eigenvalue weighted by atomic mass is 32.1. The lowest BCUT2D eigenvalue weighted by molar-refractivity contribution is -0.120. The van der Waals surface area contributed by atoms with Crippen molar-refractivity contribution in [2.75, 3.05) is 25.5 Å². The van der Waals surface area contributed by atoms with Gasteiger partial charge in [0.2, 0.25) is 11.8 Å². The SMILES string of the molecule is CCCCCNC(=O)Cc1csc(NC(=O)CN(C(=O)c2ccc(OC)cc2)C(C)C)n1. The van der Waals surface area contributed by atoms with E-state index in [4.69, 9.17) is 4.74 Å². The van der Waals surface area contributed by atoms with Gasteiger partial charge in [0.1, 0.15) is 12.3 Å². The van der Waals surface area contributed by atoms with Gasteiger partial charge < -0.3 is 20.3 Å². The maximum absolute atomic E-state index is 12.9. The molecule has 174 valence electrons. The molecule has 0 unspecified atom stereocenters. The van der Waals surface area contributed by atoms with Gasteiger partial charge >= 0.3 is 0 Å². The summed E-state index contributed by atoms with van der Waals surface area (Å²) in [6.45, 7) is 6.38. The molecule has 8 nitrogen and oxygen atoms in total. The molecule has 0 saturated heterocycles. The van der Waals surface area contributed by atoms with Gasteiger partial charge in [0.05, 0.1) is 19.2 Å². The summed E-state index contributed by atoms with van der Waals surface area (Å²) in [7, 11) is 1.56. The Labute approximate surface area is 193 Å². The molecule has 2 N–H and O–H groups in total. The van der Waals surface area contributed by atoms with Gasteiger partial charge in [0.25, 0.3) is 5.91 Å². The number of nitrogens with zero attached hydrogens (tertiary/aromatic N) is 2. The number of amides is 3. The second-order valence-corrected chi connectivity index (χ2v) is 8.54. The number of carbonyl (C=O) groups is 3. The molecule has 0 bridgehead atoms. The molecule has 2 rings (SSSR count). The maximum Gasteiger partial charge on any atom is 0.254 e. The Morgan fingerprint density at radius 3 is 2.47 bits per heavy atom. The van der Waals surface area contributed by atoms with Gasteiger partial charge in [-0.1, -0.05) is 19.8 Å². The van der Waals surface area contributed by atoms with Crippen molar-refractivity contribution in [2.24, 2.45) is 0 Å². The summed E-state index contributed by atoms with van der Waals surface area (Å²) in [5.41, 5.74) is 1.09. The number of hydrogen-bond acceptors (Lipinski definition) is 6. The molecule has 3 amide bonds. The normalized spacial score (nSPS) is 10.7. The molecule has 1 aromatic carbocycles. The molecule has 9 heteroatoms. The number of thiazole rings is 1. The van der Waals surface area contributed by atoms with Crippen LogP contribution in [-0.4, -0.2) is 53.8 Å². The number of hydrogen-bond donors (Lipinski definition) is 2. The van der Waals surface area contributed by atoms with Crippen molar-refractivity contribution in [2.45, 2.75) is 52.5 Å². The molecule has 0 aliphatic heterocycles. The number of aromatic nitrogens is 1. The van der Waals surface area contributed by atoms with Gasteiger partial charge in [0, 0.05) is 23.5 Å². The van der Waals surface area contributed by atoms with E-state index in [9.17, 15) is 14.4 Å². The van der Waals surface area contributed by atoms with Gasteiger partial charge in [-0.15, -0.1) is 11.3 Å². The fourth-order valence-electron chi connectivity index (χ4n) is 2.98. The Hall–Kier alpha value is -2.94. The number of unbranched alkanes of at least 4 members (excludes halogenated alkanes) is 2. The van der Waals surface area contributed by atoms with Crippen LogP contribution in [0.3, 0.4) is 0 Å². The van der Waals surface area contributed by atoms with E-state index < -0.39 is 0 Å². The predicted molar refractivity (Wildman–Crippen MR) is 126 cm³/mol. The number of benzene rings is 1. The average molecular weight is 461 g/mol. The van der Waals surface area contributed by atoms with Crippen LogP contribution in [0.1, 0.15) is 56.1 Å². The summed E-state index contributed by atoms with van der Waals surface area (Å²) >= 11 is 1.26. The van der Waals surface area contributed by atoms with Crippen LogP contribution in [0.25, 0.3) is 0 Å². The first-order valence-corrected chi connectivity index (χ1v) is 11.7. The zero-order valence-electron chi connectivity index (χ0n) is 19.1. The standard InChI is InChI=1S/C23H32N4O4S/c1-5-6-7-12-24-20(28)13-18-15-32-23(25-18)26-21(29)14-27(16(2)3)22(30)17-8-10-19(31-4)11-9-17/h8-11,15-16H,5-7,12-14H2,1-4H3,(H,24,28)(H,25,26,29). The third-order valence-electron chi connectivity index (χ3n) is 4.78. The zero-order chi connectivity index (χ0) is 23.5. The monoisotopic (exact) mass is 460 g/mol. The molecule has 0 radical (unpaired) electrons. The largest absolute Gasteiger partial charge is 0.497 e. The Morgan fingerprint density at radius 2 is 1.84 bits per heavy atom. The van der Waals surface area contributed by atoms with Gasteiger partial charge in [-0.2, -0.15) is 0 Å². The quantitative estimate of drug-likeness (QED) is 0.472. The summed E-state index contributed by atoms with van der Waals surface area (Å²) in [5.74, 6) is -0.00666. The lowest BCUT2D eigenvalue weighted by Gasteiger charge is -2.26. The lowest BCUT2D eigenvalue weighted by atomic mass is 10.1. The highest BCUT2D eigenvalue weighted by Crippen LogP contribution is 2.17. The topological polar surface area (TPSA) is 101 Å². The first-order valence-electron chi connectivity index (χ1n) is 10.8. The highest BCUT2D eigenvalue weighted by Gasteiger charge is 2.22. The Morgan fingerprint density at radius 1 is 1.12 bits per heavy atom. The van der Waals surface area contributed by atoms with Crippen LogP contribution in [0, 0.1) is 0 Å². The number of rotatable bonds is 12. The Kier molecular flexibility index (Phi) is 10.1. The molecule has 2 aromatic rings. The molecule has 0 saturated carbocycles. The van der Waals surface area contributed by atoms with Crippen LogP contribution < -0.4 is 15.4 Å². The molecular formula is C23H32N4O4S. The summed E-state index contributed by atoms with van der Waals surface area (Å²) in [5, 5.41) is 7.77. The van der Waals surface area contributed by atoms with Crippen LogP contribution in [0.15, 0.2) is 29.6 Å². The van der Waals surface area contributed by atoms with Crippen molar-refractivity contribution < 1.29 is 19.1 Å². The van der Waals surface area contributed by atoms with E-state index in [0.717, 1.165) is 19.3 Å². The lowest BCUT2D eigenvalue weighted by Crippen LogP contribution is -2.42. The summed E-state index contributed by atoms with van der Waals surface area (Å²) in [6.07, 6.45) is 3.32. The Bertz CT molecular complexity index is 896. The van der Waals surface area contributed by atoms with E-state index in [1.165, 1.54) is 16.2 Å². The minimum atomic E-state index is -0.342. The molecule has 0 fully saturated rings. The Balaban J connectivity index is 1.90. The van der Waals surface area contributed by atoms with E-state index in [0.29, 0.717) is 28.7 Å². The number of methoxy groups -OCH3 is 1. The first-order chi connectivity index (χ1) is 15.3. The summed E-state index contributed by atoms with van der Waals surface area (Å²) in [6, 6.07) is 6.61. The minimum Gasteiger partial charge on any atom is -0.497 e. The van der Waals surface area contributed by atoms with Crippen LogP contribution in [-0.2, 0) is 16.0 Å². The van der Waals surface area contributed by atoms with Gasteiger partial charge in [0.15, 0.2) is 5.13 Å². The second-order valence-electron chi connectivity index (χ2n) is 7.68. The fraction of sp³-hybridized carbons (Fsp3) is 0.478. The first kappa shape index (κ1) is 25.3. The predicted octanol–water partition coefficient (Wildman–Crippen LogP) is 3.49. The second kappa shape index (κ2) is 12.8. The van der Waals surface area contributed by atoms with E-state index in [2.05, 4.69) is 22.5 Å². The van der Waals surface area contributed by atoms with Crippen molar-refractivity contribution in [3.8, 4) is 5.75 Å². The van der Waals surface area contributed by atoms with E-state index in [1.807, 2.05) is 13.8 Å². The van der Waals surface area contributed by atoms with Crippen LogP contribution in [0.2, 0.25) is 0 Å². The van der Waals surface area contributed by atoms with E-state index in [1.54, 1.807) is 36.8 Å². The molecule has 0 aliphatic rings. The van der Waals surface area contributed by atoms with Crippen LogP contribution >= 0.6 is 11.3 Å². The molecule has 0 atom stereocenters. The summed E-state index contributed by atoms with van der Waals surface area (Å²) < 4.78 is 5.12. The van der Waals surface area contributed by atoms with Gasteiger partial charge in [-0.05, 0) is 44.5 Å². The summed E-state index contributed by atoms with van der Waals surface area (Å²) in [4.78, 5) is 43.2. The highest BCUT2D eigenvalue weighted by molar-refractivity contribution is 7.13. The molecule has 0 aliphatic carbocycles. The van der Waals surface area contributed by atoms with Crippen molar-refractivity contribution in [1.29, 1.82) is 0 Å². The minimum absolute atomic E-state index is 0.0830. The molecule has 32 heavy (non-hydrogen) atoms. The maximum atomic E-state index is 12.9. The van der Waals surface area contributed by atoms with Crippen LogP contribution in [0.5, 0.6) is 5.75 Å². The van der Waals surface area contributed by atoms with E-state index >= 15 is 0 Å². The zero-order valence-corrected chi connectivity index (χ0v) is 20.0. The van der Waals surface area contributed by atoms with Gasteiger partial charge in [-0.3, -0.25) is 14.4 Å². The van der Waals surface area contributed by atoms with Crippen molar-refractivity contribution in [3.63, 3.8) is 0 Å². The smallest absolute Gasteiger partial charge is 0.254 e. The van der Waals surface area contributed by atoms with Gasteiger partial charge in [-0.25, -0.2) is 4.98 Å². The molecular weight excluding hydrogens is 428 g/mol. The number of carbonyl (C=O) groups excluding carboxylic acids is 3. The third-order valence-corrected chi connectivity index (χ3v) is 5.58. The molecule has 1 heterocycles. The van der Waals surface area contributed by atoms with Crippen LogP contribution in [0.4, 0.5) is 5.13 Å². The van der Waals surface area contributed by atoms with Crippen molar-refractivity contribution in [3.05, 3.63) is 40.9 Å². The number of anilines is 1.